The maximum absolute atomic E-state index is 13.6. The van der Waals surface area contributed by atoms with E-state index >= 15 is 0 Å². The summed E-state index contributed by atoms with van der Waals surface area (Å²) in [5.74, 6) is 0.352. The Labute approximate surface area is 127 Å². The SMILES string of the molecule is CC(C)CC(C)OCC(O)CNC(C)c1ccccc1F. The van der Waals surface area contributed by atoms with Crippen LogP contribution in [-0.2, 0) is 4.74 Å². The van der Waals surface area contributed by atoms with Gasteiger partial charge in [-0.15, -0.1) is 0 Å². The minimum absolute atomic E-state index is 0.142. The van der Waals surface area contributed by atoms with Gasteiger partial charge < -0.3 is 15.2 Å². The molecule has 0 saturated carbocycles. The van der Waals surface area contributed by atoms with E-state index in [1.807, 2.05) is 19.9 Å². The summed E-state index contributed by atoms with van der Waals surface area (Å²) in [4.78, 5) is 0. The van der Waals surface area contributed by atoms with Crippen LogP contribution in [0.4, 0.5) is 4.39 Å². The minimum Gasteiger partial charge on any atom is -0.389 e. The van der Waals surface area contributed by atoms with Crippen LogP contribution in [0.1, 0.15) is 45.7 Å². The van der Waals surface area contributed by atoms with Crippen LogP contribution in [0.5, 0.6) is 0 Å². The van der Waals surface area contributed by atoms with Crippen molar-refractivity contribution >= 4 is 0 Å². The molecule has 2 N–H and O–H groups in total. The van der Waals surface area contributed by atoms with E-state index in [1.54, 1.807) is 12.1 Å². The first kappa shape index (κ1) is 18.1. The fourth-order valence-corrected chi connectivity index (χ4v) is 2.32. The molecule has 0 spiro atoms. The van der Waals surface area contributed by atoms with E-state index in [2.05, 4.69) is 19.2 Å². The number of aliphatic hydroxyl groups excluding tert-OH is 1. The second kappa shape index (κ2) is 9.13. The normalized spacial score (nSPS) is 16.0. The van der Waals surface area contributed by atoms with Crippen molar-refractivity contribution in [2.24, 2.45) is 5.92 Å². The highest BCUT2D eigenvalue weighted by molar-refractivity contribution is 5.20. The van der Waals surface area contributed by atoms with Crippen molar-refractivity contribution in [3.8, 4) is 0 Å². The quantitative estimate of drug-likeness (QED) is 0.735. The molecule has 3 nitrogen and oxygen atoms in total. The average Bonchev–Trinajstić information content (AvgIpc) is 2.42. The molecule has 3 unspecified atom stereocenters. The summed E-state index contributed by atoms with van der Waals surface area (Å²) in [7, 11) is 0. The van der Waals surface area contributed by atoms with Crippen molar-refractivity contribution < 1.29 is 14.2 Å². The zero-order valence-electron chi connectivity index (χ0n) is 13.5. The number of nitrogens with one attached hydrogen (secondary N) is 1. The molecule has 0 heterocycles. The zero-order chi connectivity index (χ0) is 15.8. The van der Waals surface area contributed by atoms with Gasteiger partial charge in [0.15, 0.2) is 0 Å². The molecule has 0 fully saturated rings. The third-order valence-electron chi connectivity index (χ3n) is 3.41. The molecule has 0 radical (unpaired) electrons. The van der Waals surface area contributed by atoms with Gasteiger partial charge in [-0.05, 0) is 32.3 Å². The maximum Gasteiger partial charge on any atom is 0.127 e. The lowest BCUT2D eigenvalue weighted by Gasteiger charge is -2.20. The fraction of sp³-hybridized carbons (Fsp3) is 0.647. The van der Waals surface area contributed by atoms with Gasteiger partial charge in [0.1, 0.15) is 5.82 Å². The van der Waals surface area contributed by atoms with Crippen molar-refractivity contribution in [3.63, 3.8) is 0 Å². The highest BCUT2D eigenvalue weighted by Crippen LogP contribution is 2.15. The second-order valence-corrected chi connectivity index (χ2v) is 6.08. The smallest absolute Gasteiger partial charge is 0.127 e. The molecule has 0 aliphatic carbocycles. The Hall–Kier alpha value is -0.970. The van der Waals surface area contributed by atoms with E-state index in [0.29, 0.717) is 24.6 Å². The molecule has 0 aliphatic heterocycles. The standard InChI is InChI=1S/C17H28FNO2/c1-12(2)9-13(3)21-11-15(20)10-19-14(4)16-7-5-6-8-17(16)18/h5-8,12-15,19-20H,9-11H2,1-4H3. The van der Waals surface area contributed by atoms with E-state index in [9.17, 15) is 9.50 Å². The predicted molar refractivity (Wildman–Crippen MR) is 83.7 cm³/mol. The van der Waals surface area contributed by atoms with Crippen LogP contribution in [-0.4, -0.2) is 30.5 Å². The third kappa shape index (κ3) is 7.02. The highest BCUT2D eigenvalue weighted by Gasteiger charge is 2.13. The van der Waals surface area contributed by atoms with Gasteiger partial charge in [0.25, 0.3) is 0 Å². The van der Waals surface area contributed by atoms with Crippen molar-refractivity contribution in [2.45, 2.75) is 52.4 Å². The number of ether oxygens (including phenoxy) is 1. The van der Waals surface area contributed by atoms with Gasteiger partial charge in [-0.3, -0.25) is 0 Å². The predicted octanol–water partition coefficient (Wildman–Crippen LogP) is 3.29. The Kier molecular flexibility index (Phi) is 7.86. The Morgan fingerprint density at radius 2 is 1.86 bits per heavy atom. The van der Waals surface area contributed by atoms with E-state index in [0.717, 1.165) is 6.42 Å². The van der Waals surface area contributed by atoms with Gasteiger partial charge in [-0.25, -0.2) is 4.39 Å². The first-order valence-electron chi connectivity index (χ1n) is 7.67. The molecule has 1 rings (SSSR count). The summed E-state index contributed by atoms with van der Waals surface area (Å²) in [6, 6.07) is 6.53. The van der Waals surface area contributed by atoms with Gasteiger partial charge in [0, 0.05) is 18.2 Å². The summed E-state index contributed by atoms with van der Waals surface area (Å²) in [5.41, 5.74) is 0.610. The molecule has 4 heteroatoms. The van der Waals surface area contributed by atoms with Gasteiger partial charge >= 0.3 is 0 Å². The minimum atomic E-state index is -0.589. The van der Waals surface area contributed by atoms with Crippen molar-refractivity contribution in [2.75, 3.05) is 13.2 Å². The first-order valence-corrected chi connectivity index (χ1v) is 7.67. The van der Waals surface area contributed by atoms with E-state index < -0.39 is 6.10 Å². The molecule has 0 bridgehead atoms. The van der Waals surface area contributed by atoms with Crippen molar-refractivity contribution in [1.82, 2.24) is 5.32 Å². The van der Waals surface area contributed by atoms with Crippen LogP contribution in [0.3, 0.4) is 0 Å². The van der Waals surface area contributed by atoms with Gasteiger partial charge in [-0.1, -0.05) is 32.0 Å². The number of hydrogen-bond acceptors (Lipinski definition) is 3. The zero-order valence-corrected chi connectivity index (χ0v) is 13.5. The fourth-order valence-electron chi connectivity index (χ4n) is 2.32. The molecule has 0 aliphatic rings. The first-order chi connectivity index (χ1) is 9.90. The average molecular weight is 297 g/mol. The lowest BCUT2D eigenvalue weighted by Crippen LogP contribution is -2.33. The summed E-state index contributed by atoms with van der Waals surface area (Å²) >= 11 is 0. The van der Waals surface area contributed by atoms with Crippen LogP contribution in [0.25, 0.3) is 0 Å². The van der Waals surface area contributed by atoms with Crippen molar-refractivity contribution in [1.29, 1.82) is 0 Å². The number of benzene rings is 1. The number of rotatable bonds is 9. The van der Waals surface area contributed by atoms with E-state index in [1.165, 1.54) is 6.07 Å². The Balaban J connectivity index is 2.29. The van der Waals surface area contributed by atoms with Crippen LogP contribution in [0.2, 0.25) is 0 Å². The van der Waals surface area contributed by atoms with Crippen molar-refractivity contribution in [3.05, 3.63) is 35.6 Å². The Morgan fingerprint density at radius 1 is 1.19 bits per heavy atom. The number of aliphatic hydroxyl groups is 1. The second-order valence-electron chi connectivity index (χ2n) is 6.08. The Morgan fingerprint density at radius 3 is 2.48 bits per heavy atom. The summed E-state index contributed by atoms with van der Waals surface area (Å²) in [5, 5.41) is 13.1. The largest absolute Gasteiger partial charge is 0.389 e. The van der Waals surface area contributed by atoms with Crippen LogP contribution < -0.4 is 5.32 Å². The summed E-state index contributed by atoms with van der Waals surface area (Å²) in [6.07, 6.45) is 0.531. The molecule has 0 saturated heterocycles. The summed E-state index contributed by atoms with van der Waals surface area (Å²) < 4.78 is 19.2. The van der Waals surface area contributed by atoms with Crippen LogP contribution in [0, 0.1) is 11.7 Å². The monoisotopic (exact) mass is 297 g/mol. The molecule has 120 valence electrons. The molecule has 0 amide bonds. The highest BCUT2D eigenvalue weighted by atomic mass is 19.1. The Bertz CT molecular complexity index is 412. The molecule has 1 aromatic rings. The summed E-state index contributed by atoms with van der Waals surface area (Å²) in [6.45, 7) is 8.87. The topological polar surface area (TPSA) is 41.5 Å². The lowest BCUT2D eigenvalue weighted by atomic mass is 10.1. The van der Waals surface area contributed by atoms with Gasteiger partial charge in [0.05, 0.1) is 18.8 Å². The van der Waals surface area contributed by atoms with E-state index in [-0.39, 0.29) is 18.0 Å². The van der Waals surface area contributed by atoms with Crippen LogP contribution in [0.15, 0.2) is 24.3 Å². The number of hydrogen-bond donors (Lipinski definition) is 2. The molecule has 3 atom stereocenters. The molecular formula is C17H28FNO2. The van der Waals surface area contributed by atoms with E-state index in [4.69, 9.17) is 4.74 Å². The maximum atomic E-state index is 13.6. The molecular weight excluding hydrogens is 269 g/mol. The number of halogens is 1. The van der Waals surface area contributed by atoms with Gasteiger partial charge in [0.2, 0.25) is 0 Å². The molecule has 1 aromatic carbocycles. The molecule has 0 aromatic heterocycles. The lowest BCUT2D eigenvalue weighted by molar-refractivity contribution is -0.00916. The molecule has 21 heavy (non-hydrogen) atoms. The third-order valence-corrected chi connectivity index (χ3v) is 3.41. The van der Waals surface area contributed by atoms with Gasteiger partial charge in [-0.2, -0.15) is 0 Å². The van der Waals surface area contributed by atoms with Crippen LogP contribution >= 0.6 is 0 Å².